The first-order chi connectivity index (χ1) is 11.4. The molecule has 1 heterocycles. The molecule has 0 saturated carbocycles. The zero-order valence-corrected chi connectivity index (χ0v) is 13.7. The first-order valence-electron chi connectivity index (χ1n) is 7.44. The summed E-state index contributed by atoms with van der Waals surface area (Å²) in [5, 5.41) is 12.2. The fraction of sp³-hybridized carbons (Fsp3) is 0.412. The van der Waals surface area contributed by atoms with Gasteiger partial charge >= 0.3 is 12.1 Å². The number of esters is 1. The zero-order valence-electron chi connectivity index (χ0n) is 13.7. The van der Waals surface area contributed by atoms with Crippen LogP contribution in [-0.4, -0.2) is 28.8 Å². The maximum absolute atomic E-state index is 13.4. The van der Waals surface area contributed by atoms with Gasteiger partial charge in [0.1, 0.15) is 6.61 Å². The van der Waals surface area contributed by atoms with Crippen molar-refractivity contribution in [2.24, 2.45) is 5.41 Å². The van der Waals surface area contributed by atoms with Crippen molar-refractivity contribution in [1.82, 2.24) is 0 Å². The highest BCUT2D eigenvalue weighted by molar-refractivity contribution is 5.99. The molecule has 0 saturated heterocycles. The molecule has 0 fully saturated rings. The van der Waals surface area contributed by atoms with Crippen LogP contribution < -0.4 is 5.32 Å². The highest BCUT2D eigenvalue weighted by atomic mass is 19.4. The van der Waals surface area contributed by atoms with Gasteiger partial charge in [-0.3, -0.25) is 4.79 Å². The predicted octanol–water partition coefficient (Wildman–Crippen LogP) is 3.19. The lowest BCUT2D eigenvalue weighted by atomic mass is 9.79. The molecule has 0 aliphatic carbocycles. The van der Waals surface area contributed by atoms with Crippen LogP contribution in [0, 0.1) is 5.41 Å². The number of fused-ring (bicyclic) bond motifs is 1. The number of rotatable bonds is 5. The summed E-state index contributed by atoms with van der Waals surface area (Å²) < 4.78 is 44.9. The Bertz CT molecular complexity index is 727. The van der Waals surface area contributed by atoms with Gasteiger partial charge in [0.15, 0.2) is 0 Å². The molecule has 1 aromatic rings. The monoisotopic (exact) mass is 357 g/mol. The third kappa shape index (κ3) is 3.68. The number of aliphatic hydroxyl groups is 1. The number of allylic oxidation sites excluding steroid dienone is 1. The number of hydrogen-bond donors (Lipinski definition) is 2. The summed E-state index contributed by atoms with van der Waals surface area (Å²) in [7, 11) is 0. The number of anilines is 1. The average molecular weight is 357 g/mol. The Morgan fingerprint density at radius 2 is 2.04 bits per heavy atom. The van der Waals surface area contributed by atoms with Crippen molar-refractivity contribution in [2.75, 3.05) is 5.32 Å². The molecule has 1 aliphatic heterocycles. The van der Waals surface area contributed by atoms with Gasteiger partial charge in [-0.05, 0) is 23.6 Å². The molecule has 1 amide bonds. The van der Waals surface area contributed by atoms with Gasteiger partial charge in [-0.1, -0.05) is 19.9 Å². The lowest BCUT2D eigenvalue weighted by Gasteiger charge is -2.34. The summed E-state index contributed by atoms with van der Waals surface area (Å²) in [5.41, 5.74) is -3.95. The molecule has 2 N–H and O–H groups in total. The van der Waals surface area contributed by atoms with E-state index in [1.807, 2.05) is 0 Å². The number of carbonyl (C=O) groups is 2. The first kappa shape index (κ1) is 19.0. The van der Waals surface area contributed by atoms with E-state index in [-0.39, 0.29) is 17.9 Å². The third-order valence-electron chi connectivity index (χ3n) is 4.05. The van der Waals surface area contributed by atoms with Gasteiger partial charge in [-0.15, -0.1) is 6.58 Å². The molecular weight excluding hydrogens is 339 g/mol. The molecule has 0 radical (unpaired) electrons. The number of benzene rings is 1. The van der Waals surface area contributed by atoms with E-state index in [0.717, 1.165) is 0 Å². The Kier molecular flexibility index (Phi) is 4.69. The van der Waals surface area contributed by atoms with E-state index in [9.17, 15) is 27.9 Å². The summed E-state index contributed by atoms with van der Waals surface area (Å²) in [4.78, 5) is 23.6. The maximum atomic E-state index is 13.4. The molecule has 0 bridgehead atoms. The molecule has 1 aromatic carbocycles. The molecular formula is C17H18F3NO4. The molecule has 0 aromatic heterocycles. The van der Waals surface area contributed by atoms with Crippen LogP contribution in [0.2, 0.25) is 0 Å². The largest absolute Gasteiger partial charge is 0.457 e. The van der Waals surface area contributed by atoms with Crippen LogP contribution in [0.25, 0.3) is 0 Å². The lowest BCUT2D eigenvalue weighted by Crippen LogP contribution is -2.56. The number of halogens is 3. The summed E-state index contributed by atoms with van der Waals surface area (Å²) in [6.45, 7) is 6.28. The van der Waals surface area contributed by atoms with Crippen molar-refractivity contribution in [3.05, 3.63) is 42.0 Å². The van der Waals surface area contributed by atoms with E-state index in [2.05, 4.69) is 11.9 Å². The molecule has 2 rings (SSSR count). The number of carbonyl (C=O) groups excluding carboxylic acids is 2. The van der Waals surface area contributed by atoms with Crippen molar-refractivity contribution in [2.45, 2.75) is 38.7 Å². The van der Waals surface area contributed by atoms with E-state index in [0.29, 0.717) is 5.56 Å². The van der Waals surface area contributed by atoms with Gasteiger partial charge in [0.2, 0.25) is 5.60 Å². The number of hydrogen-bond acceptors (Lipinski definition) is 4. The third-order valence-corrected chi connectivity index (χ3v) is 4.05. The molecule has 0 spiro atoms. The van der Waals surface area contributed by atoms with Crippen LogP contribution >= 0.6 is 0 Å². The second-order valence-corrected chi connectivity index (χ2v) is 6.63. The Morgan fingerprint density at radius 3 is 2.60 bits per heavy atom. The maximum Gasteiger partial charge on any atom is 0.426 e. The highest BCUT2D eigenvalue weighted by Gasteiger charge is 2.60. The molecule has 8 heteroatoms. The van der Waals surface area contributed by atoms with Crippen LogP contribution in [0.3, 0.4) is 0 Å². The van der Waals surface area contributed by atoms with Crippen molar-refractivity contribution >= 4 is 17.6 Å². The van der Waals surface area contributed by atoms with Gasteiger partial charge in [-0.2, -0.15) is 13.2 Å². The predicted molar refractivity (Wildman–Crippen MR) is 83.8 cm³/mol. The highest BCUT2D eigenvalue weighted by Crippen LogP contribution is 2.41. The lowest BCUT2D eigenvalue weighted by molar-refractivity contribution is -0.255. The minimum atomic E-state index is -5.17. The van der Waals surface area contributed by atoms with Crippen molar-refractivity contribution in [3.8, 4) is 0 Å². The fourth-order valence-electron chi connectivity index (χ4n) is 2.49. The summed E-state index contributed by atoms with van der Waals surface area (Å²) in [6, 6.07) is 3.97. The number of amides is 1. The molecule has 5 nitrogen and oxygen atoms in total. The first-order valence-corrected chi connectivity index (χ1v) is 7.44. The van der Waals surface area contributed by atoms with Crippen LogP contribution in [-0.2, 0) is 16.1 Å². The number of nitrogens with one attached hydrogen (secondary N) is 1. The minimum Gasteiger partial charge on any atom is -0.457 e. The number of alkyl halides is 3. The Hall–Kier alpha value is -2.35. The van der Waals surface area contributed by atoms with Gasteiger partial charge in [0.25, 0.3) is 5.91 Å². The zero-order chi connectivity index (χ0) is 19.0. The Morgan fingerprint density at radius 1 is 1.40 bits per heavy atom. The summed E-state index contributed by atoms with van der Waals surface area (Å²) in [6.07, 6.45) is -4.81. The van der Waals surface area contributed by atoms with Crippen LogP contribution in [0.1, 0.15) is 36.2 Å². The van der Waals surface area contributed by atoms with Crippen molar-refractivity contribution < 1.29 is 32.6 Å². The van der Waals surface area contributed by atoms with Crippen LogP contribution in [0.5, 0.6) is 0 Å². The smallest absolute Gasteiger partial charge is 0.426 e. The minimum absolute atomic E-state index is 0.0229. The second kappa shape index (κ2) is 6.18. The quantitative estimate of drug-likeness (QED) is 0.627. The number of cyclic esters (lactones) is 1. The van der Waals surface area contributed by atoms with E-state index in [4.69, 9.17) is 4.74 Å². The summed E-state index contributed by atoms with van der Waals surface area (Å²) in [5.74, 6) is -2.13. The SMILES string of the molecule is C=CC(C)(C)CC(O)(C(=O)Nc1ccc2c(c1)COC2=O)C(F)(F)F. The van der Waals surface area contributed by atoms with Crippen LogP contribution in [0.15, 0.2) is 30.9 Å². The van der Waals surface area contributed by atoms with E-state index < -0.39 is 35.5 Å². The standard InChI is InChI=1S/C17H18F3NO4/c1-4-15(2,3)9-16(24,17(18,19)20)14(23)21-11-5-6-12-10(7-11)8-25-13(12)22/h4-7,24H,1,8-9H2,2-3H3,(H,21,23). The van der Waals surface area contributed by atoms with Gasteiger partial charge in [-0.25, -0.2) is 4.79 Å². The topological polar surface area (TPSA) is 75.6 Å². The number of ether oxygens (including phenoxy) is 1. The van der Waals surface area contributed by atoms with Gasteiger partial charge < -0.3 is 15.2 Å². The van der Waals surface area contributed by atoms with Gasteiger partial charge in [0.05, 0.1) is 5.56 Å². The molecule has 1 atom stereocenters. The van der Waals surface area contributed by atoms with E-state index in [1.54, 1.807) is 0 Å². The summed E-state index contributed by atoms with van der Waals surface area (Å²) >= 11 is 0. The fourth-order valence-corrected chi connectivity index (χ4v) is 2.49. The second-order valence-electron chi connectivity index (χ2n) is 6.63. The Labute approximate surface area is 142 Å². The average Bonchev–Trinajstić information content (AvgIpc) is 2.86. The normalized spacial score (nSPS) is 16.6. The van der Waals surface area contributed by atoms with Crippen LogP contribution in [0.4, 0.5) is 18.9 Å². The van der Waals surface area contributed by atoms with Crippen molar-refractivity contribution in [3.63, 3.8) is 0 Å². The Balaban J connectivity index is 2.29. The van der Waals surface area contributed by atoms with Crippen molar-refractivity contribution in [1.29, 1.82) is 0 Å². The van der Waals surface area contributed by atoms with Gasteiger partial charge in [0, 0.05) is 17.7 Å². The molecule has 25 heavy (non-hydrogen) atoms. The molecule has 1 aliphatic rings. The van der Waals surface area contributed by atoms with E-state index >= 15 is 0 Å². The molecule has 136 valence electrons. The van der Waals surface area contributed by atoms with E-state index in [1.165, 1.54) is 38.1 Å². The molecule has 1 unspecified atom stereocenters.